The van der Waals surface area contributed by atoms with Crippen LogP contribution in [0.25, 0.3) is 0 Å². The largest absolute Gasteiger partial charge is 0.465 e. The first kappa shape index (κ1) is 20.1. The van der Waals surface area contributed by atoms with E-state index < -0.39 is 11.8 Å². The zero-order chi connectivity index (χ0) is 19.8. The van der Waals surface area contributed by atoms with Crippen molar-refractivity contribution in [2.24, 2.45) is 0 Å². The number of hydrogen-bond donors (Lipinski definition) is 1. The molecule has 0 heterocycles. The summed E-state index contributed by atoms with van der Waals surface area (Å²) in [5.74, 6) is -1.59. The molecule has 0 aliphatic heterocycles. The molecule has 0 saturated heterocycles. The highest BCUT2D eigenvalue weighted by Gasteiger charge is 2.16. The molecule has 0 fully saturated rings. The Morgan fingerprint density at radius 2 is 1.74 bits per heavy atom. The lowest BCUT2D eigenvalue weighted by Crippen LogP contribution is -2.32. The number of hydrogen-bond acceptors (Lipinski definition) is 4. The topological polar surface area (TPSA) is 75.7 Å². The fourth-order valence-electron chi connectivity index (χ4n) is 2.51. The predicted octanol–water partition coefficient (Wildman–Crippen LogP) is 2.99. The van der Waals surface area contributed by atoms with Crippen molar-refractivity contribution < 1.29 is 23.5 Å². The maximum Gasteiger partial charge on any atom is 0.339 e. The number of halogens is 1. The number of amides is 2. The molecule has 0 aliphatic rings. The second-order valence-corrected chi connectivity index (χ2v) is 5.87. The normalized spacial score (nSPS) is 10.2. The van der Waals surface area contributed by atoms with Crippen LogP contribution in [0.2, 0.25) is 0 Å². The molecule has 2 aromatic carbocycles. The van der Waals surface area contributed by atoms with Gasteiger partial charge in [-0.2, -0.15) is 0 Å². The molecule has 27 heavy (non-hydrogen) atoms. The van der Waals surface area contributed by atoms with Gasteiger partial charge in [0.15, 0.2) is 0 Å². The van der Waals surface area contributed by atoms with Crippen molar-refractivity contribution in [1.82, 2.24) is 4.90 Å². The summed E-state index contributed by atoms with van der Waals surface area (Å²) in [6.45, 7) is 1.56. The minimum atomic E-state index is -0.559. The molecule has 1 N–H and O–H groups in total. The Kier molecular flexibility index (Phi) is 7.05. The smallest absolute Gasteiger partial charge is 0.339 e. The van der Waals surface area contributed by atoms with Crippen molar-refractivity contribution in [3.8, 4) is 0 Å². The molecule has 7 heteroatoms. The minimum absolute atomic E-state index is 0.00351. The second-order valence-electron chi connectivity index (χ2n) is 5.87. The van der Waals surface area contributed by atoms with Crippen LogP contribution in [0.1, 0.15) is 29.3 Å². The number of esters is 1. The van der Waals surface area contributed by atoms with Crippen LogP contribution in [-0.2, 0) is 20.9 Å². The molecular formula is C20H21FN2O4. The van der Waals surface area contributed by atoms with Crippen molar-refractivity contribution in [1.29, 1.82) is 0 Å². The molecule has 2 amide bonds. The molecule has 2 aromatic rings. The number of benzene rings is 2. The zero-order valence-corrected chi connectivity index (χ0v) is 15.2. The van der Waals surface area contributed by atoms with Gasteiger partial charge in [-0.1, -0.05) is 30.3 Å². The van der Waals surface area contributed by atoms with E-state index in [1.165, 1.54) is 25.0 Å². The molecule has 142 valence electrons. The average molecular weight is 372 g/mol. The van der Waals surface area contributed by atoms with E-state index in [9.17, 15) is 18.8 Å². The van der Waals surface area contributed by atoms with E-state index in [0.29, 0.717) is 11.3 Å². The van der Waals surface area contributed by atoms with Crippen LogP contribution in [0, 0.1) is 5.82 Å². The average Bonchev–Trinajstić information content (AvgIpc) is 2.66. The number of nitrogens with zero attached hydrogens (tertiary/aromatic N) is 1. The molecule has 0 radical (unpaired) electrons. The molecule has 0 atom stereocenters. The van der Waals surface area contributed by atoms with Gasteiger partial charge >= 0.3 is 5.97 Å². The third-order valence-electron chi connectivity index (χ3n) is 3.98. The summed E-state index contributed by atoms with van der Waals surface area (Å²) in [4.78, 5) is 37.2. The van der Waals surface area contributed by atoms with E-state index in [2.05, 4.69) is 10.1 Å². The van der Waals surface area contributed by atoms with Gasteiger partial charge in [0.1, 0.15) is 5.82 Å². The number of carbonyl (C=O) groups is 3. The van der Waals surface area contributed by atoms with E-state index in [4.69, 9.17) is 0 Å². The number of nitrogens with one attached hydrogen (secondary N) is 1. The third kappa shape index (κ3) is 5.64. The maximum absolute atomic E-state index is 13.8. The molecule has 0 saturated carbocycles. The maximum atomic E-state index is 13.8. The first-order chi connectivity index (χ1) is 12.9. The number of methoxy groups -OCH3 is 1. The molecule has 0 aliphatic carbocycles. The predicted molar refractivity (Wildman–Crippen MR) is 98.5 cm³/mol. The van der Waals surface area contributed by atoms with Crippen LogP contribution in [0.3, 0.4) is 0 Å². The Labute approximate surface area is 156 Å². The summed E-state index contributed by atoms with van der Waals surface area (Å²) < 4.78 is 18.5. The minimum Gasteiger partial charge on any atom is -0.465 e. The van der Waals surface area contributed by atoms with Gasteiger partial charge in [-0.15, -0.1) is 0 Å². The number of ether oxygens (including phenoxy) is 1. The highest BCUT2D eigenvalue weighted by atomic mass is 19.1. The first-order valence-corrected chi connectivity index (χ1v) is 8.38. The number of rotatable bonds is 7. The summed E-state index contributed by atoms with van der Waals surface area (Å²) >= 11 is 0. The van der Waals surface area contributed by atoms with Crippen molar-refractivity contribution in [2.75, 3.05) is 19.0 Å². The molecular weight excluding hydrogens is 351 g/mol. The van der Waals surface area contributed by atoms with Gasteiger partial charge in [0.2, 0.25) is 11.8 Å². The summed E-state index contributed by atoms with van der Waals surface area (Å²) in [6, 6.07) is 12.7. The van der Waals surface area contributed by atoms with Gasteiger partial charge in [0.05, 0.1) is 18.4 Å². The van der Waals surface area contributed by atoms with Crippen LogP contribution in [0.5, 0.6) is 0 Å². The van der Waals surface area contributed by atoms with Crippen molar-refractivity contribution in [2.45, 2.75) is 19.9 Å². The Bertz CT molecular complexity index is 838. The monoisotopic (exact) mass is 372 g/mol. The summed E-state index contributed by atoms with van der Waals surface area (Å²) in [5.41, 5.74) is 0.949. The van der Waals surface area contributed by atoms with Crippen molar-refractivity contribution in [3.63, 3.8) is 0 Å². The van der Waals surface area contributed by atoms with Crippen LogP contribution in [-0.4, -0.2) is 36.3 Å². The molecule has 6 nitrogen and oxygen atoms in total. The van der Waals surface area contributed by atoms with Crippen LogP contribution in [0.4, 0.5) is 10.1 Å². The lowest BCUT2D eigenvalue weighted by atomic mass is 10.1. The third-order valence-corrected chi connectivity index (χ3v) is 3.98. The Morgan fingerprint density at radius 3 is 2.41 bits per heavy atom. The van der Waals surface area contributed by atoms with E-state index in [1.54, 1.807) is 42.5 Å². The van der Waals surface area contributed by atoms with E-state index >= 15 is 0 Å². The standard InChI is InChI=1S/C20H21FN2O4/c1-14(24)23(13-15-7-3-5-9-17(15)21)12-11-19(25)22-18-10-6-4-8-16(18)20(26)27-2/h3-10H,11-13H2,1-2H3,(H,22,25). The van der Waals surface area contributed by atoms with Gasteiger partial charge < -0.3 is 15.0 Å². The second kappa shape index (κ2) is 9.47. The van der Waals surface area contributed by atoms with E-state index in [1.807, 2.05) is 0 Å². The highest BCUT2D eigenvalue weighted by Crippen LogP contribution is 2.16. The van der Waals surface area contributed by atoms with Gasteiger partial charge in [0.25, 0.3) is 0 Å². The zero-order valence-electron chi connectivity index (χ0n) is 15.2. The Hall–Kier alpha value is -3.22. The Morgan fingerprint density at radius 1 is 1.07 bits per heavy atom. The van der Waals surface area contributed by atoms with Gasteiger partial charge in [0, 0.05) is 32.0 Å². The van der Waals surface area contributed by atoms with Crippen molar-refractivity contribution >= 4 is 23.5 Å². The Balaban J connectivity index is 2.00. The van der Waals surface area contributed by atoms with Gasteiger partial charge in [-0.05, 0) is 18.2 Å². The van der Waals surface area contributed by atoms with Crippen LogP contribution in [0.15, 0.2) is 48.5 Å². The first-order valence-electron chi connectivity index (χ1n) is 8.38. The number of para-hydroxylation sites is 1. The van der Waals surface area contributed by atoms with Crippen molar-refractivity contribution in [3.05, 3.63) is 65.5 Å². The van der Waals surface area contributed by atoms with E-state index in [-0.39, 0.29) is 36.9 Å². The molecule has 0 unspecified atom stereocenters. The molecule has 0 spiro atoms. The van der Waals surface area contributed by atoms with Gasteiger partial charge in [-0.3, -0.25) is 9.59 Å². The van der Waals surface area contributed by atoms with Crippen LogP contribution < -0.4 is 5.32 Å². The lowest BCUT2D eigenvalue weighted by Gasteiger charge is -2.21. The molecule has 0 bridgehead atoms. The fraction of sp³-hybridized carbons (Fsp3) is 0.250. The van der Waals surface area contributed by atoms with Gasteiger partial charge in [-0.25, -0.2) is 9.18 Å². The number of anilines is 1. The van der Waals surface area contributed by atoms with Crippen LogP contribution >= 0.6 is 0 Å². The summed E-state index contributed by atoms with van der Waals surface area (Å²) in [5, 5.41) is 2.64. The summed E-state index contributed by atoms with van der Waals surface area (Å²) in [7, 11) is 1.26. The quantitative estimate of drug-likeness (QED) is 0.758. The lowest BCUT2D eigenvalue weighted by molar-refractivity contribution is -0.130. The SMILES string of the molecule is COC(=O)c1ccccc1NC(=O)CCN(Cc1ccccc1F)C(C)=O. The molecule has 0 aromatic heterocycles. The summed E-state index contributed by atoms with van der Waals surface area (Å²) in [6.07, 6.45) is 0.00351. The van der Waals surface area contributed by atoms with E-state index in [0.717, 1.165) is 0 Å². The fourth-order valence-corrected chi connectivity index (χ4v) is 2.51. The molecule has 2 rings (SSSR count). The highest BCUT2D eigenvalue weighted by molar-refractivity contribution is 6.01. The number of carbonyl (C=O) groups excluding carboxylic acids is 3.